The lowest BCUT2D eigenvalue weighted by molar-refractivity contribution is -0.119. The van der Waals surface area contributed by atoms with Crippen LogP contribution in [0.3, 0.4) is 0 Å². The lowest BCUT2D eigenvalue weighted by atomic mass is 10.0. The predicted molar refractivity (Wildman–Crippen MR) is 110 cm³/mol. The van der Waals surface area contributed by atoms with Crippen LogP contribution in [-0.2, 0) is 17.8 Å². The quantitative estimate of drug-likeness (QED) is 0.676. The molecule has 3 aromatic rings. The largest absolute Gasteiger partial charge is 0.497 e. The maximum Gasteiger partial charge on any atom is 0.241 e. The molecule has 1 aliphatic heterocycles. The number of aromatic nitrogens is 1. The maximum absolute atomic E-state index is 12.9. The molecule has 0 saturated carbocycles. The third-order valence-electron chi connectivity index (χ3n) is 4.85. The van der Waals surface area contributed by atoms with E-state index in [4.69, 9.17) is 4.74 Å². The van der Waals surface area contributed by atoms with Crippen molar-refractivity contribution >= 4 is 33.1 Å². The Morgan fingerprint density at radius 1 is 1.30 bits per heavy atom. The average Bonchev–Trinajstić information content (AvgIpc) is 3.08. The van der Waals surface area contributed by atoms with Crippen LogP contribution in [-0.4, -0.2) is 43.0 Å². The number of nitrogens with zero attached hydrogens (tertiary/aromatic N) is 3. The van der Waals surface area contributed by atoms with Crippen LogP contribution in [0.15, 0.2) is 42.5 Å². The van der Waals surface area contributed by atoms with Gasteiger partial charge in [0.15, 0.2) is 0 Å². The molecular weight excluding hydrogens is 358 g/mol. The lowest BCUT2D eigenvalue weighted by Crippen LogP contribution is -2.41. The van der Waals surface area contributed by atoms with Crippen molar-refractivity contribution in [2.75, 3.05) is 32.1 Å². The van der Waals surface area contributed by atoms with Crippen LogP contribution in [0.1, 0.15) is 17.0 Å². The van der Waals surface area contributed by atoms with Crippen molar-refractivity contribution in [1.82, 2.24) is 9.88 Å². The van der Waals surface area contributed by atoms with Crippen molar-refractivity contribution in [1.29, 1.82) is 0 Å². The zero-order valence-corrected chi connectivity index (χ0v) is 16.5. The molecule has 2 heterocycles. The Hall–Kier alpha value is -2.44. The van der Waals surface area contributed by atoms with E-state index < -0.39 is 0 Å². The monoisotopic (exact) mass is 381 g/mol. The fourth-order valence-corrected chi connectivity index (χ4v) is 4.60. The Labute approximate surface area is 163 Å². The first kappa shape index (κ1) is 17.9. The van der Waals surface area contributed by atoms with Gasteiger partial charge in [-0.1, -0.05) is 12.1 Å². The molecule has 0 saturated heterocycles. The van der Waals surface area contributed by atoms with E-state index in [0.29, 0.717) is 13.1 Å². The fraction of sp³-hybridized carbons (Fsp3) is 0.333. The number of rotatable bonds is 5. The van der Waals surface area contributed by atoms with E-state index in [-0.39, 0.29) is 5.91 Å². The minimum Gasteiger partial charge on any atom is -0.497 e. The lowest BCUT2D eigenvalue weighted by Gasteiger charge is -2.31. The van der Waals surface area contributed by atoms with Crippen LogP contribution in [0.4, 0.5) is 5.69 Å². The Morgan fingerprint density at radius 3 is 2.96 bits per heavy atom. The van der Waals surface area contributed by atoms with Crippen molar-refractivity contribution in [2.45, 2.75) is 19.4 Å². The van der Waals surface area contributed by atoms with E-state index in [1.165, 1.54) is 10.3 Å². The van der Waals surface area contributed by atoms with Gasteiger partial charge in [0.1, 0.15) is 10.8 Å². The fourth-order valence-electron chi connectivity index (χ4n) is 3.55. The van der Waals surface area contributed by atoms with Crippen molar-refractivity contribution in [3.05, 3.63) is 53.0 Å². The SMILES string of the molecule is COc1ccc2c(c1)CCCN2C(=O)CN(C)Cc1nc2ccccc2s1. The van der Waals surface area contributed by atoms with Crippen LogP contribution in [0, 0.1) is 0 Å². The van der Waals surface area contributed by atoms with Gasteiger partial charge in [0, 0.05) is 12.2 Å². The van der Waals surface area contributed by atoms with E-state index in [0.717, 1.165) is 41.3 Å². The number of hydrogen-bond acceptors (Lipinski definition) is 5. The van der Waals surface area contributed by atoms with Gasteiger partial charge in [-0.2, -0.15) is 0 Å². The summed E-state index contributed by atoms with van der Waals surface area (Å²) < 4.78 is 6.50. The molecule has 140 valence electrons. The Bertz CT molecular complexity index is 936. The van der Waals surface area contributed by atoms with E-state index in [1.54, 1.807) is 18.4 Å². The Kier molecular flexibility index (Phi) is 5.09. The van der Waals surface area contributed by atoms with Crippen LogP contribution in [0.5, 0.6) is 5.75 Å². The van der Waals surface area contributed by atoms with Gasteiger partial charge in [-0.05, 0) is 55.8 Å². The molecule has 0 N–H and O–H groups in total. The summed E-state index contributed by atoms with van der Waals surface area (Å²) in [6, 6.07) is 14.1. The molecule has 0 atom stereocenters. The number of benzene rings is 2. The number of para-hydroxylation sites is 1. The van der Waals surface area contributed by atoms with Gasteiger partial charge in [0.25, 0.3) is 0 Å². The minimum absolute atomic E-state index is 0.129. The molecule has 4 rings (SSSR count). The number of ether oxygens (including phenoxy) is 1. The van der Waals surface area contributed by atoms with Crippen molar-refractivity contribution in [3.8, 4) is 5.75 Å². The molecule has 2 aromatic carbocycles. The smallest absolute Gasteiger partial charge is 0.241 e. The number of methoxy groups -OCH3 is 1. The molecule has 1 aromatic heterocycles. The van der Waals surface area contributed by atoms with Gasteiger partial charge in [0.05, 0.1) is 30.4 Å². The molecule has 6 heteroatoms. The number of anilines is 1. The second-order valence-corrected chi connectivity index (χ2v) is 8.01. The molecule has 0 spiro atoms. The molecule has 0 unspecified atom stereocenters. The third-order valence-corrected chi connectivity index (χ3v) is 5.88. The summed E-state index contributed by atoms with van der Waals surface area (Å²) in [6.45, 7) is 1.82. The van der Waals surface area contributed by atoms with Gasteiger partial charge in [-0.3, -0.25) is 9.69 Å². The van der Waals surface area contributed by atoms with Crippen molar-refractivity contribution < 1.29 is 9.53 Å². The van der Waals surface area contributed by atoms with E-state index in [1.807, 2.05) is 53.2 Å². The summed E-state index contributed by atoms with van der Waals surface area (Å²) in [5.74, 6) is 0.973. The number of aryl methyl sites for hydroxylation is 1. The highest BCUT2D eigenvalue weighted by molar-refractivity contribution is 7.18. The molecule has 1 amide bonds. The third kappa shape index (κ3) is 3.82. The van der Waals surface area contributed by atoms with Crippen molar-refractivity contribution in [3.63, 3.8) is 0 Å². The number of fused-ring (bicyclic) bond motifs is 2. The first-order valence-corrected chi connectivity index (χ1v) is 9.96. The van der Waals surface area contributed by atoms with E-state index >= 15 is 0 Å². The summed E-state index contributed by atoms with van der Waals surface area (Å²) in [5, 5.41) is 1.04. The van der Waals surface area contributed by atoms with Crippen LogP contribution in [0.2, 0.25) is 0 Å². The number of hydrogen-bond donors (Lipinski definition) is 0. The molecule has 0 bridgehead atoms. The van der Waals surface area contributed by atoms with Gasteiger partial charge in [-0.15, -0.1) is 11.3 Å². The second-order valence-electron chi connectivity index (χ2n) is 6.89. The summed E-state index contributed by atoms with van der Waals surface area (Å²) in [6.07, 6.45) is 1.96. The van der Waals surface area contributed by atoms with Gasteiger partial charge >= 0.3 is 0 Å². The summed E-state index contributed by atoms with van der Waals surface area (Å²) >= 11 is 1.69. The summed E-state index contributed by atoms with van der Waals surface area (Å²) in [5.41, 5.74) is 3.22. The number of carbonyl (C=O) groups excluding carboxylic acids is 1. The van der Waals surface area contributed by atoms with Gasteiger partial charge in [0.2, 0.25) is 5.91 Å². The minimum atomic E-state index is 0.129. The van der Waals surface area contributed by atoms with Crippen LogP contribution < -0.4 is 9.64 Å². The highest BCUT2D eigenvalue weighted by atomic mass is 32.1. The molecule has 0 fully saturated rings. The molecule has 27 heavy (non-hydrogen) atoms. The standard InChI is InChI=1S/C21H23N3O2S/c1-23(13-20-22-17-7-3-4-8-19(17)27-20)14-21(25)24-11-5-6-15-12-16(26-2)9-10-18(15)24/h3-4,7-10,12H,5-6,11,13-14H2,1-2H3. The molecule has 1 aliphatic rings. The van der Waals surface area contributed by atoms with Crippen LogP contribution in [0.25, 0.3) is 10.2 Å². The maximum atomic E-state index is 12.9. The van der Waals surface area contributed by atoms with E-state index in [9.17, 15) is 4.79 Å². The number of likely N-dealkylation sites (N-methyl/N-ethyl adjacent to an activating group) is 1. The van der Waals surface area contributed by atoms with Gasteiger partial charge in [-0.25, -0.2) is 4.98 Å². The zero-order chi connectivity index (χ0) is 18.8. The number of amides is 1. The normalized spacial score (nSPS) is 13.8. The predicted octanol–water partition coefficient (Wildman–Crippen LogP) is 3.72. The first-order chi connectivity index (χ1) is 13.1. The molecule has 5 nitrogen and oxygen atoms in total. The summed E-state index contributed by atoms with van der Waals surface area (Å²) in [7, 11) is 3.65. The van der Waals surface area contributed by atoms with Crippen molar-refractivity contribution in [2.24, 2.45) is 0 Å². The van der Waals surface area contributed by atoms with Gasteiger partial charge < -0.3 is 9.64 Å². The molecule has 0 aliphatic carbocycles. The van der Waals surface area contributed by atoms with Crippen LogP contribution >= 0.6 is 11.3 Å². The topological polar surface area (TPSA) is 45.7 Å². The number of carbonyl (C=O) groups is 1. The number of thiazole rings is 1. The highest BCUT2D eigenvalue weighted by Gasteiger charge is 2.24. The molecular formula is C21H23N3O2S. The highest BCUT2D eigenvalue weighted by Crippen LogP contribution is 2.30. The summed E-state index contributed by atoms with van der Waals surface area (Å²) in [4.78, 5) is 21.5. The first-order valence-electron chi connectivity index (χ1n) is 9.14. The van der Waals surface area contributed by atoms with E-state index in [2.05, 4.69) is 11.1 Å². The second kappa shape index (κ2) is 7.66. The molecule has 0 radical (unpaired) electrons. The zero-order valence-electron chi connectivity index (χ0n) is 15.6. The Balaban J connectivity index is 1.44. The Morgan fingerprint density at radius 2 is 2.15 bits per heavy atom. The average molecular weight is 382 g/mol.